The van der Waals surface area contributed by atoms with Gasteiger partial charge in [-0.25, -0.2) is 0 Å². The van der Waals surface area contributed by atoms with Crippen molar-refractivity contribution in [1.82, 2.24) is 5.32 Å². The van der Waals surface area contributed by atoms with Gasteiger partial charge in [0.05, 0.1) is 12.7 Å². The zero-order valence-corrected chi connectivity index (χ0v) is 13.9. The van der Waals surface area contributed by atoms with Gasteiger partial charge >= 0.3 is 0 Å². The molecule has 1 aromatic rings. The van der Waals surface area contributed by atoms with Crippen molar-refractivity contribution in [3.8, 4) is 0 Å². The van der Waals surface area contributed by atoms with Crippen LogP contribution in [0.1, 0.15) is 63.7 Å². The van der Waals surface area contributed by atoms with E-state index in [9.17, 15) is 0 Å². The maximum absolute atomic E-state index is 6.01. The minimum Gasteiger partial charge on any atom is -0.373 e. The lowest BCUT2D eigenvalue weighted by Crippen LogP contribution is -2.34. The highest BCUT2D eigenvalue weighted by Gasteiger charge is 2.21. The lowest BCUT2D eigenvalue weighted by Gasteiger charge is -2.27. The number of hydrogen-bond donors (Lipinski definition) is 1. The molecule has 0 spiro atoms. The van der Waals surface area contributed by atoms with E-state index in [1.807, 2.05) is 0 Å². The Kier molecular flexibility index (Phi) is 6.72. The SMILES string of the molecule is CCCNC(CCCC1OCCc2ccccc21)C(C)C. The molecule has 0 saturated carbocycles. The van der Waals surface area contributed by atoms with Crippen LogP contribution in [0.4, 0.5) is 0 Å². The summed E-state index contributed by atoms with van der Waals surface area (Å²) in [6.45, 7) is 8.88. The molecule has 2 unspecified atom stereocenters. The predicted octanol–water partition coefficient (Wildman–Crippen LogP) is 4.49. The summed E-state index contributed by atoms with van der Waals surface area (Å²) in [7, 11) is 0. The number of rotatable bonds is 8. The number of benzene rings is 1. The number of nitrogens with one attached hydrogen (secondary N) is 1. The first-order valence-electron chi connectivity index (χ1n) is 8.65. The summed E-state index contributed by atoms with van der Waals surface area (Å²) in [5.74, 6) is 0.705. The van der Waals surface area contributed by atoms with Gasteiger partial charge in [0.2, 0.25) is 0 Å². The Bertz CT molecular complexity index is 416. The average Bonchev–Trinajstić information content (AvgIpc) is 2.50. The van der Waals surface area contributed by atoms with Gasteiger partial charge < -0.3 is 10.1 Å². The smallest absolute Gasteiger partial charge is 0.0827 e. The lowest BCUT2D eigenvalue weighted by molar-refractivity contribution is 0.0341. The van der Waals surface area contributed by atoms with E-state index in [1.54, 1.807) is 0 Å². The predicted molar refractivity (Wildman–Crippen MR) is 89.6 cm³/mol. The third kappa shape index (κ3) is 4.82. The molecule has 0 amide bonds. The Morgan fingerprint density at radius 2 is 2.10 bits per heavy atom. The van der Waals surface area contributed by atoms with Crippen LogP contribution in [0.3, 0.4) is 0 Å². The van der Waals surface area contributed by atoms with Crippen LogP contribution in [-0.2, 0) is 11.2 Å². The van der Waals surface area contributed by atoms with Gasteiger partial charge in [-0.3, -0.25) is 0 Å². The second-order valence-corrected chi connectivity index (χ2v) is 6.54. The number of hydrogen-bond acceptors (Lipinski definition) is 2. The molecule has 1 aliphatic heterocycles. The molecule has 2 atom stereocenters. The highest BCUT2D eigenvalue weighted by Crippen LogP contribution is 2.31. The van der Waals surface area contributed by atoms with Gasteiger partial charge in [-0.1, -0.05) is 45.0 Å². The van der Waals surface area contributed by atoms with Crippen molar-refractivity contribution in [3.05, 3.63) is 35.4 Å². The van der Waals surface area contributed by atoms with E-state index in [1.165, 1.54) is 30.4 Å². The molecule has 0 fully saturated rings. The van der Waals surface area contributed by atoms with Crippen molar-refractivity contribution in [2.75, 3.05) is 13.2 Å². The Labute approximate surface area is 130 Å². The lowest BCUT2D eigenvalue weighted by atomic mass is 9.92. The highest BCUT2D eigenvalue weighted by molar-refractivity contribution is 5.30. The van der Waals surface area contributed by atoms with Crippen molar-refractivity contribution >= 4 is 0 Å². The molecular weight excluding hydrogens is 258 g/mol. The number of ether oxygens (including phenoxy) is 1. The molecular formula is C19H31NO. The van der Waals surface area contributed by atoms with E-state index in [-0.39, 0.29) is 0 Å². The van der Waals surface area contributed by atoms with Crippen molar-refractivity contribution in [1.29, 1.82) is 0 Å². The monoisotopic (exact) mass is 289 g/mol. The van der Waals surface area contributed by atoms with Crippen LogP contribution in [0.25, 0.3) is 0 Å². The zero-order chi connectivity index (χ0) is 15.1. The van der Waals surface area contributed by atoms with Crippen LogP contribution >= 0.6 is 0 Å². The van der Waals surface area contributed by atoms with Crippen molar-refractivity contribution in [2.24, 2.45) is 5.92 Å². The van der Waals surface area contributed by atoms with Gasteiger partial charge in [0, 0.05) is 6.04 Å². The highest BCUT2D eigenvalue weighted by atomic mass is 16.5. The first-order valence-corrected chi connectivity index (χ1v) is 8.65. The third-order valence-corrected chi connectivity index (χ3v) is 4.54. The quantitative estimate of drug-likeness (QED) is 0.761. The fraction of sp³-hybridized carbons (Fsp3) is 0.684. The Hall–Kier alpha value is -0.860. The van der Waals surface area contributed by atoms with Gasteiger partial charge in [0.25, 0.3) is 0 Å². The van der Waals surface area contributed by atoms with Crippen molar-refractivity contribution in [3.63, 3.8) is 0 Å². The molecule has 1 aromatic carbocycles. The molecule has 118 valence electrons. The molecule has 0 aromatic heterocycles. The van der Waals surface area contributed by atoms with E-state index in [0.717, 1.165) is 26.0 Å². The fourth-order valence-corrected chi connectivity index (χ4v) is 3.24. The normalized spacial score (nSPS) is 19.5. The molecule has 0 bridgehead atoms. The van der Waals surface area contributed by atoms with Gasteiger partial charge in [-0.15, -0.1) is 0 Å². The molecule has 0 aliphatic carbocycles. The Morgan fingerprint density at radius 3 is 2.86 bits per heavy atom. The second-order valence-electron chi connectivity index (χ2n) is 6.54. The van der Waals surface area contributed by atoms with Gasteiger partial charge in [-0.2, -0.15) is 0 Å². The first-order chi connectivity index (χ1) is 10.2. The molecule has 1 N–H and O–H groups in total. The van der Waals surface area contributed by atoms with E-state index >= 15 is 0 Å². The van der Waals surface area contributed by atoms with Crippen LogP contribution in [0.5, 0.6) is 0 Å². The average molecular weight is 289 g/mol. The van der Waals surface area contributed by atoms with E-state index < -0.39 is 0 Å². The summed E-state index contributed by atoms with van der Waals surface area (Å²) >= 11 is 0. The standard InChI is InChI=1S/C19H31NO/c1-4-13-20-18(15(2)3)10-7-11-19-17-9-6-5-8-16(17)12-14-21-19/h5-6,8-9,15,18-20H,4,7,10-14H2,1-3H3. The molecule has 1 heterocycles. The van der Waals surface area contributed by atoms with Crippen LogP contribution in [0.2, 0.25) is 0 Å². The maximum Gasteiger partial charge on any atom is 0.0827 e. The summed E-state index contributed by atoms with van der Waals surface area (Å²) in [6.07, 6.45) is 6.22. The van der Waals surface area contributed by atoms with E-state index in [2.05, 4.69) is 50.4 Å². The molecule has 2 nitrogen and oxygen atoms in total. The number of fused-ring (bicyclic) bond motifs is 1. The van der Waals surface area contributed by atoms with Gasteiger partial charge in [0.15, 0.2) is 0 Å². The second kappa shape index (κ2) is 8.55. The van der Waals surface area contributed by atoms with Gasteiger partial charge in [-0.05, 0) is 55.7 Å². The van der Waals surface area contributed by atoms with Crippen LogP contribution in [0, 0.1) is 5.92 Å². The molecule has 21 heavy (non-hydrogen) atoms. The Balaban J connectivity index is 1.83. The molecule has 2 heteroatoms. The summed E-state index contributed by atoms with van der Waals surface area (Å²) in [6, 6.07) is 9.42. The van der Waals surface area contributed by atoms with E-state index in [4.69, 9.17) is 4.74 Å². The zero-order valence-electron chi connectivity index (χ0n) is 13.9. The summed E-state index contributed by atoms with van der Waals surface area (Å²) in [5.41, 5.74) is 2.91. The minimum atomic E-state index is 0.314. The Morgan fingerprint density at radius 1 is 1.29 bits per heavy atom. The fourth-order valence-electron chi connectivity index (χ4n) is 3.24. The van der Waals surface area contributed by atoms with Crippen LogP contribution in [0.15, 0.2) is 24.3 Å². The third-order valence-electron chi connectivity index (χ3n) is 4.54. The maximum atomic E-state index is 6.01. The molecule has 0 saturated heterocycles. The van der Waals surface area contributed by atoms with Crippen LogP contribution in [-0.4, -0.2) is 19.2 Å². The summed E-state index contributed by atoms with van der Waals surface area (Å²) in [4.78, 5) is 0. The summed E-state index contributed by atoms with van der Waals surface area (Å²) in [5, 5.41) is 3.68. The van der Waals surface area contributed by atoms with E-state index in [0.29, 0.717) is 18.1 Å². The van der Waals surface area contributed by atoms with Crippen LogP contribution < -0.4 is 5.32 Å². The van der Waals surface area contributed by atoms with Crippen molar-refractivity contribution < 1.29 is 4.74 Å². The first kappa shape index (κ1) is 16.5. The molecule has 1 aliphatic rings. The minimum absolute atomic E-state index is 0.314. The topological polar surface area (TPSA) is 21.3 Å². The largest absolute Gasteiger partial charge is 0.373 e. The van der Waals surface area contributed by atoms with Gasteiger partial charge in [0.1, 0.15) is 0 Å². The van der Waals surface area contributed by atoms with Crippen molar-refractivity contribution in [2.45, 2.75) is 65.0 Å². The molecule has 0 radical (unpaired) electrons. The summed E-state index contributed by atoms with van der Waals surface area (Å²) < 4.78 is 6.01. The molecule has 2 rings (SSSR count).